The van der Waals surface area contributed by atoms with Crippen LogP contribution in [0.15, 0.2) is 61.2 Å². The van der Waals surface area contributed by atoms with E-state index in [1.807, 2.05) is 0 Å². The van der Waals surface area contributed by atoms with Crippen LogP contribution in [0.25, 0.3) is 27.9 Å². The number of hydrogen-bond donors (Lipinski definition) is 3. The molecule has 0 aliphatic rings. The Hall–Kier alpha value is -4.61. The van der Waals surface area contributed by atoms with Crippen LogP contribution < -0.4 is 15.4 Å². The summed E-state index contributed by atoms with van der Waals surface area (Å²) in [7, 11) is 1.44. The van der Waals surface area contributed by atoms with Crippen molar-refractivity contribution in [3.05, 3.63) is 66.9 Å². The number of rotatable bonds is 6. The molecule has 0 bridgehead atoms. The number of halogens is 3. The number of anilines is 1. The van der Waals surface area contributed by atoms with E-state index in [0.29, 0.717) is 34.5 Å². The van der Waals surface area contributed by atoms with Gasteiger partial charge in [0.2, 0.25) is 0 Å². The summed E-state index contributed by atoms with van der Waals surface area (Å²) in [6.45, 7) is 2.12. The molecule has 3 aromatic heterocycles. The molecule has 0 unspecified atom stereocenters. The highest BCUT2D eigenvalue weighted by atomic mass is 19.4. The van der Waals surface area contributed by atoms with Crippen LogP contribution in [0.1, 0.15) is 12.6 Å². The molecule has 12 heteroatoms. The van der Waals surface area contributed by atoms with E-state index in [4.69, 9.17) is 4.74 Å². The first kappa shape index (κ1) is 24.5. The molecule has 36 heavy (non-hydrogen) atoms. The summed E-state index contributed by atoms with van der Waals surface area (Å²) in [5.74, 6) is 0.372. The monoisotopic (exact) mass is 498 g/mol. The summed E-state index contributed by atoms with van der Waals surface area (Å²) >= 11 is 0. The number of nitrogens with zero attached hydrogens (tertiary/aromatic N) is 4. The molecule has 2 amide bonds. The number of methoxy groups -OCH3 is 1. The van der Waals surface area contributed by atoms with Gasteiger partial charge in [0.05, 0.1) is 12.8 Å². The summed E-state index contributed by atoms with van der Waals surface area (Å²) in [6, 6.07) is 8.37. The predicted octanol–water partition coefficient (Wildman–Crippen LogP) is 4.87. The van der Waals surface area contributed by atoms with E-state index in [0.717, 1.165) is 10.7 Å². The number of aromatic nitrogens is 4. The number of alkyl halides is 3. The standard InChI is InChI=1S/C24H21F3N6O3/c1-3-29-23(35)31-22-10-18(33-7-6-21(32-33)24(25,26)27)17(13-30-22)16-8-15(11-28-12-16)14-4-5-20(36-2)19(34)9-14/h4-13,34H,3H2,1-2H3,(H2,29,30,31,35). The number of amides is 2. The van der Waals surface area contributed by atoms with E-state index >= 15 is 0 Å². The third-order valence-electron chi connectivity index (χ3n) is 5.15. The molecule has 4 rings (SSSR count). The van der Waals surface area contributed by atoms with Crippen LogP contribution in [0.5, 0.6) is 11.5 Å². The molecule has 0 aliphatic heterocycles. The second-order valence-corrected chi connectivity index (χ2v) is 7.56. The molecule has 0 saturated carbocycles. The molecule has 9 nitrogen and oxygen atoms in total. The van der Waals surface area contributed by atoms with Crippen LogP contribution in [-0.2, 0) is 6.18 Å². The van der Waals surface area contributed by atoms with Crippen LogP contribution in [0.3, 0.4) is 0 Å². The number of pyridine rings is 2. The maximum absolute atomic E-state index is 13.2. The van der Waals surface area contributed by atoms with Crippen LogP contribution in [0.4, 0.5) is 23.8 Å². The molecule has 0 atom stereocenters. The van der Waals surface area contributed by atoms with Crippen molar-refractivity contribution in [2.75, 3.05) is 19.0 Å². The van der Waals surface area contributed by atoms with Crippen LogP contribution in [0.2, 0.25) is 0 Å². The number of aromatic hydroxyl groups is 1. The molecule has 3 heterocycles. The van der Waals surface area contributed by atoms with Crippen molar-refractivity contribution in [2.45, 2.75) is 13.1 Å². The minimum Gasteiger partial charge on any atom is -0.504 e. The van der Waals surface area contributed by atoms with Crippen molar-refractivity contribution in [2.24, 2.45) is 0 Å². The van der Waals surface area contributed by atoms with Crippen LogP contribution in [0, 0.1) is 0 Å². The van der Waals surface area contributed by atoms with E-state index in [1.165, 1.54) is 37.8 Å². The van der Waals surface area contributed by atoms with Gasteiger partial charge in [-0.05, 0) is 36.8 Å². The number of benzene rings is 1. The average molecular weight is 498 g/mol. The molecule has 0 aliphatic carbocycles. The minimum atomic E-state index is -4.63. The molecule has 186 valence electrons. The molecule has 0 saturated heterocycles. The van der Waals surface area contributed by atoms with Gasteiger partial charge in [-0.25, -0.2) is 14.5 Å². The fourth-order valence-corrected chi connectivity index (χ4v) is 3.47. The molecular weight excluding hydrogens is 477 g/mol. The fourth-order valence-electron chi connectivity index (χ4n) is 3.47. The lowest BCUT2D eigenvalue weighted by molar-refractivity contribution is -0.141. The number of hydrogen-bond acceptors (Lipinski definition) is 6. The van der Waals surface area contributed by atoms with E-state index in [1.54, 1.807) is 31.3 Å². The molecule has 3 N–H and O–H groups in total. The Balaban J connectivity index is 1.80. The summed E-state index contributed by atoms with van der Waals surface area (Å²) < 4.78 is 45.8. The van der Waals surface area contributed by atoms with E-state index in [-0.39, 0.29) is 17.3 Å². The summed E-state index contributed by atoms with van der Waals surface area (Å²) in [5.41, 5.74) is 1.40. The number of nitrogens with one attached hydrogen (secondary N) is 2. The second-order valence-electron chi connectivity index (χ2n) is 7.56. The first-order valence-corrected chi connectivity index (χ1v) is 10.7. The van der Waals surface area contributed by atoms with Crippen molar-refractivity contribution in [3.63, 3.8) is 0 Å². The number of urea groups is 1. The van der Waals surface area contributed by atoms with Gasteiger partial charge in [-0.2, -0.15) is 18.3 Å². The summed E-state index contributed by atoms with van der Waals surface area (Å²) in [5, 5.41) is 18.9. The zero-order valence-corrected chi connectivity index (χ0v) is 19.2. The number of carbonyl (C=O) groups is 1. The lowest BCUT2D eigenvalue weighted by atomic mass is 10.0. The van der Waals surface area contributed by atoms with Crippen molar-refractivity contribution in [3.8, 4) is 39.4 Å². The second kappa shape index (κ2) is 9.94. The lowest BCUT2D eigenvalue weighted by Crippen LogP contribution is -2.28. The van der Waals surface area contributed by atoms with Gasteiger partial charge in [-0.15, -0.1) is 0 Å². The molecule has 0 spiro atoms. The number of phenolic OH excluding ortho intramolecular Hbond substituents is 1. The van der Waals surface area contributed by atoms with Gasteiger partial charge in [0.15, 0.2) is 17.2 Å². The van der Waals surface area contributed by atoms with Gasteiger partial charge < -0.3 is 15.2 Å². The van der Waals surface area contributed by atoms with Gasteiger partial charge >= 0.3 is 12.2 Å². The van der Waals surface area contributed by atoms with Gasteiger partial charge in [0.25, 0.3) is 0 Å². The largest absolute Gasteiger partial charge is 0.504 e. The predicted molar refractivity (Wildman–Crippen MR) is 126 cm³/mol. The number of phenols is 1. The molecule has 1 aromatic carbocycles. The topological polar surface area (TPSA) is 114 Å². The van der Waals surface area contributed by atoms with Crippen molar-refractivity contribution >= 4 is 11.8 Å². The molecular formula is C24H21F3N6O3. The van der Waals surface area contributed by atoms with Crippen molar-refractivity contribution < 1.29 is 27.8 Å². The highest BCUT2D eigenvalue weighted by molar-refractivity contribution is 5.89. The van der Waals surface area contributed by atoms with Crippen LogP contribution >= 0.6 is 0 Å². The SMILES string of the molecule is CCNC(=O)Nc1cc(-n2ccc(C(F)(F)F)n2)c(-c2cncc(-c3ccc(OC)c(O)c3)c2)cn1. The smallest absolute Gasteiger partial charge is 0.435 e. The Morgan fingerprint density at radius 1 is 1.08 bits per heavy atom. The third-order valence-corrected chi connectivity index (χ3v) is 5.15. The maximum Gasteiger partial charge on any atom is 0.435 e. The highest BCUT2D eigenvalue weighted by Gasteiger charge is 2.34. The average Bonchev–Trinajstić information content (AvgIpc) is 3.35. The van der Waals surface area contributed by atoms with Crippen LogP contribution in [-0.4, -0.2) is 44.5 Å². The Kier molecular flexibility index (Phi) is 6.77. The quantitative estimate of drug-likeness (QED) is 0.350. The number of carbonyl (C=O) groups excluding carboxylic acids is 1. The molecule has 0 fully saturated rings. The Bertz CT molecular complexity index is 1400. The van der Waals surface area contributed by atoms with Crippen molar-refractivity contribution in [1.29, 1.82) is 0 Å². The zero-order valence-electron chi connectivity index (χ0n) is 19.2. The highest BCUT2D eigenvalue weighted by Crippen LogP contribution is 2.35. The maximum atomic E-state index is 13.2. The van der Waals surface area contributed by atoms with E-state index in [9.17, 15) is 23.1 Å². The van der Waals surface area contributed by atoms with Gasteiger partial charge in [0.1, 0.15) is 5.82 Å². The summed E-state index contributed by atoms with van der Waals surface area (Å²) in [6.07, 6.45) is 1.07. The summed E-state index contributed by atoms with van der Waals surface area (Å²) in [4.78, 5) is 20.4. The van der Waals surface area contributed by atoms with Crippen molar-refractivity contribution in [1.82, 2.24) is 25.1 Å². The fraction of sp³-hybridized carbons (Fsp3) is 0.167. The molecule has 4 aromatic rings. The van der Waals surface area contributed by atoms with Gasteiger partial charge in [-0.3, -0.25) is 10.3 Å². The minimum absolute atomic E-state index is 0.0558. The zero-order chi connectivity index (χ0) is 25.9. The van der Waals surface area contributed by atoms with E-state index in [2.05, 4.69) is 25.7 Å². The van der Waals surface area contributed by atoms with Gasteiger partial charge in [0, 0.05) is 54.1 Å². The lowest BCUT2D eigenvalue weighted by Gasteiger charge is -2.14. The Morgan fingerprint density at radius 2 is 1.86 bits per heavy atom. The first-order valence-electron chi connectivity index (χ1n) is 10.7. The van der Waals surface area contributed by atoms with E-state index < -0.39 is 17.9 Å². The first-order chi connectivity index (χ1) is 17.2. The number of ether oxygens (including phenoxy) is 1. The normalized spacial score (nSPS) is 11.2. The Morgan fingerprint density at radius 3 is 2.53 bits per heavy atom. The molecule has 0 radical (unpaired) electrons. The third kappa shape index (κ3) is 5.22. The van der Waals surface area contributed by atoms with Gasteiger partial charge in [-0.1, -0.05) is 6.07 Å². The Labute approximate surface area is 203 Å².